The molecule has 4 heteroatoms. The van der Waals surface area contributed by atoms with Crippen molar-refractivity contribution in [2.75, 3.05) is 20.8 Å². The molecule has 0 bridgehead atoms. The van der Waals surface area contributed by atoms with Crippen LogP contribution >= 0.6 is 0 Å². The number of rotatable bonds is 5. The number of terminal acetylenes is 1. The Balaban J connectivity index is 2.76. The van der Waals surface area contributed by atoms with Crippen molar-refractivity contribution in [3.63, 3.8) is 0 Å². The number of carbonyl (C=O) groups excluding carboxylic acids is 1. The van der Waals surface area contributed by atoms with Gasteiger partial charge in [0.1, 0.15) is 0 Å². The molecule has 0 N–H and O–H groups in total. The zero-order valence-corrected chi connectivity index (χ0v) is 10.3. The summed E-state index contributed by atoms with van der Waals surface area (Å²) in [5.41, 5.74) is 0.797. The Morgan fingerprint density at radius 3 is 2.67 bits per heavy atom. The third kappa shape index (κ3) is 3.87. The van der Waals surface area contributed by atoms with Crippen LogP contribution in [0.1, 0.15) is 5.56 Å². The van der Waals surface area contributed by atoms with E-state index in [1.807, 2.05) is 0 Å². The molecule has 94 valence electrons. The monoisotopic (exact) mass is 246 g/mol. The van der Waals surface area contributed by atoms with Crippen LogP contribution in [-0.2, 0) is 9.53 Å². The molecule has 1 aromatic carbocycles. The van der Waals surface area contributed by atoms with E-state index in [-0.39, 0.29) is 6.61 Å². The van der Waals surface area contributed by atoms with Gasteiger partial charge in [0, 0.05) is 6.08 Å². The molecule has 0 aromatic heterocycles. The zero-order valence-electron chi connectivity index (χ0n) is 10.3. The van der Waals surface area contributed by atoms with Crippen LogP contribution in [0.25, 0.3) is 6.08 Å². The molecule has 0 aliphatic heterocycles. The van der Waals surface area contributed by atoms with Gasteiger partial charge >= 0.3 is 5.97 Å². The second-order valence-electron chi connectivity index (χ2n) is 3.26. The summed E-state index contributed by atoms with van der Waals surface area (Å²) in [4.78, 5) is 11.2. The van der Waals surface area contributed by atoms with E-state index in [9.17, 15) is 4.79 Å². The minimum atomic E-state index is -0.484. The zero-order chi connectivity index (χ0) is 13.4. The van der Waals surface area contributed by atoms with Crippen molar-refractivity contribution in [3.8, 4) is 23.8 Å². The summed E-state index contributed by atoms with van der Waals surface area (Å²) in [6.45, 7) is -0.0326. The van der Waals surface area contributed by atoms with Crippen LogP contribution in [0.5, 0.6) is 11.5 Å². The second-order valence-corrected chi connectivity index (χ2v) is 3.26. The highest BCUT2D eigenvalue weighted by atomic mass is 16.5. The van der Waals surface area contributed by atoms with Gasteiger partial charge in [0.05, 0.1) is 14.2 Å². The van der Waals surface area contributed by atoms with E-state index < -0.39 is 5.97 Å². The van der Waals surface area contributed by atoms with Crippen molar-refractivity contribution < 1.29 is 19.0 Å². The van der Waals surface area contributed by atoms with Gasteiger partial charge in [-0.15, -0.1) is 6.42 Å². The number of hydrogen-bond donors (Lipinski definition) is 0. The van der Waals surface area contributed by atoms with Gasteiger partial charge in [0.2, 0.25) is 0 Å². The lowest BCUT2D eigenvalue weighted by molar-refractivity contribution is -0.136. The fourth-order valence-electron chi connectivity index (χ4n) is 1.28. The molecule has 0 heterocycles. The predicted molar refractivity (Wildman–Crippen MR) is 68.4 cm³/mol. The number of ether oxygens (including phenoxy) is 3. The van der Waals surface area contributed by atoms with Crippen LogP contribution in [0.15, 0.2) is 24.3 Å². The minimum absolute atomic E-state index is 0.0326. The van der Waals surface area contributed by atoms with Gasteiger partial charge in [-0.3, -0.25) is 0 Å². The number of benzene rings is 1. The molecule has 0 saturated carbocycles. The van der Waals surface area contributed by atoms with Gasteiger partial charge in [-0.05, 0) is 23.8 Å². The number of esters is 1. The molecule has 0 radical (unpaired) electrons. The average molecular weight is 246 g/mol. The van der Waals surface area contributed by atoms with Gasteiger partial charge in [0.25, 0.3) is 0 Å². The maximum Gasteiger partial charge on any atom is 0.331 e. The number of methoxy groups -OCH3 is 2. The van der Waals surface area contributed by atoms with Gasteiger partial charge in [0.15, 0.2) is 18.1 Å². The maximum atomic E-state index is 11.2. The summed E-state index contributed by atoms with van der Waals surface area (Å²) in [5.74, 6) is 2.96. The third-order valence-corrected chi connectivity index (χ3v) is 2.12. The van der Waals surface area contributed by atoms with E-state index in [0.717, 1.165) is 5.56 Å². The fraction of sp³-hybridized carbons (Fsp3) is 0.214. The van der Waals surface area contributed by atoms with Crippen LogP contribution in [0.2, 0.25) is 0 Å². The Labute approximate surface area is 106 Å². The third-order valence-electron chi connectivity index (χ3n) is 2.12. The van der Waals surface area contributed by atoms with Gasteiger partial charge in [-0.1, -0.05) is 12.0 Å². The lowest BCUT2D eigenvalue weighted by Crippen LogP contribution is -1.99. The molecule has 0 aliphatic rings. The second kappa shape index (κ2) is 7.02. The molecule has 1 rings (SSSR count). The molecule has 0 unspecified atom stereocenters. The van der Waals surface area contributed by atoms with Gasteiger partial charge < -0.3 is 14.2 Å². The van der Waals surface area contributed by atoms with Crippen molar-refractivity contribution in [2.24, 2.45) is 0 Å². The molecule has 0 aliphatic carbocycles. The fourth-order valence-corrected chi connectivity index (χ4v) is 1.28. The molecule has 0 amide bonds. The Morgan fingerprint density at radius 1 is 1.33 bits per heavy atom. The van der Waals surface area contributed by atoms with E-state index in [1.165, 1.54) is 6.08 Å². The molecule has 0 fully saturated rings. The Bertz CT molecular complexity index is 483. The van der Waals surface area contributed by atoms with E-state index >= 15 is 0 Å². The highest BCUT2D eigenvalue weighted by molar-refractivity contribution is 5.87. The number of carbonyl (C=O) groups is 1. The molecule has 0 atom stereocenters. The van der Waals surface area contributed by atoms with Gasteiger partial charge in [-0.2, -0.15) is 0 Å². The SMILES string of the molecule is C#CCOC(=O)/C=C/c1ccc(OC)c(OC)c1. The summed E-state index contributed by atoms with van der Waals surface area (Å²) in [5, 5.41) is 0. The molecule has 18 heavy (non-hydrogen) atoms. The summed E-state index contributed by atoms with van der Waals surface area (Å²) < 4.78 is 15.0. The molecule has 0 saturated heterocycles. The van der Waals surface area contributed by atoms with Crippen molar-refractivity contribution in [2.45, 2.75) is 0 Å². The van der Waals surface area contributed by atoms with Crippen molar-refractivity contribution in [1.82, 2.24) is 0 Å². The molecule has 0 spiro atoms. The van der Waals surface area contributed by atoms with Crippen LogP contribution in [0.4, 0.5) is 0 Å². The maximum absolute atomic E-state index is 11.2. The molecule has 1 aromatic rings. The average Bonchev–Trinajstić information content (AvgIpc) is 2.42. The van der Waals surface area contributed by atoms with Crippen molar-refractivity contribution in [3.05, 3.63) is 29.8 Å². The predicted octanol–water partition coefficient (Wildman–Crippen LogP) is 1.89. The van der Waals surface area contributed by atoms with E-state index in [1.54, 1.807) is 38.5 Å². The quantitative estimate of drug-likeness (QED) is 0.452. The first-order valence-electron chi connectivity index (χ1n) is 5.21. The first-order chi connectivity index (χ1) is 8.71. The molecule has 4 nitrogen and oxygen atoms in total. The van der Waals surface area contributed by atoms with Crippen LogP contribution in [-0.4, -0.2) is 26.8 Å². The van der Waals surface area contributed by atoms with Crippen molar-refractivity contribution in [1.29, 1.82) is 0 Å². The summed E-state index contributed by atoms with van der Waals surface area (Å²) >= 11 is 0. The Morgan fingerprint density at radius 2 is 2.06 bits per heavy atom. The smallest absolute Gasteiger partial charge is 0.331 e. The number of hydrogen-bond acceptors (Lipinski definition) is 4. The summed E-state index contributed by atoms with van der Waals surface area (Å²) in [7, 11) is 3.11. The lowest BCUT2D eigenvalue weighted by atomic mass is 10.2. The minimum Gasteiger partial charge on any atom is -0.493 e. The lowest BCUT2D eigenvalue weighted by Gasteiger charge is -2.07. The summed E-state index contributed by atoms with van der Waals surface area (Å²) in [6.07, 6.45) is 7.89. The van der Waals surface area contributed by atoms with E-state index in [2.05, 4.69) is 5.92 Å². The topological polar surface area (TPSA) is 44.8 Å². The molecular formula is C14H14O4. The normalized spacial score (nSPS) is 9.83. The highest BCUT2D eigenvalue weighted by Gasteiger charge is 2.03. The largest absolute Gasteiger partial charge is 0.493 e. The Hall–Kier alpha value is -2.41. The first kappa shape index (κ1) is 13.7. The first-order valence-corrected chi connectivity index (χ1v) is 5.21. The van der Waals surface area contributed by atoms with Crippen molar-refractivity contribution >= 4 is 12.0 Å². The van der Waals surface area contributed by atoms with E-state index in [0.29, 0.717) is 11.5 Å². The Kier molecular flexibility index (Phi) is 5.33. The van der Waals surface area contributed by atoms with Crippen LogP contribution < -0.4 is 9.47 Å². The standard InChI is InChI=1S/C14H14O4/c1-4-9-18-14(15)8-6-11-5-7-12(16-2)13(10-11)17-3/h1,5-8,10H,9H2,2-3H3/b8-6+. The van der Waals surface area contributed by atoms with Crippen LogP contribution in [0.3, 0.4) is 0 Å². The van der Waals surface area contributed by atoms with E-state index in [4.69, 9.17) is 20.6 Å². The molecular weight excluding hydrogens is 232 g/mol. The van der Waals surface area contributed by atoms with Gasteiger partial charge in [-0.25, -0.2) is 4.79 Å². The highest BCUT2D eigenvalue weighted by Crippen LogP contribution is 2.27. The van der Waals surface area contributed by atoms with Crippen LogP contribution in [0, 0.1) is 12.3 Å². The summed E-state index contributed by atoms with van der Waals surface area (Å²) in [6, 6.07) is 5.31.